The number of aromatic nitrogens is 3. The second-order valence-electron chi connectivity index (χ2n) is 22.5. The summed E-state index contributed by atoms with van der Waals surface area (Å²) >= 11 is 0. The van der Waals surface area contributed by atoms with Crippen LogP contribution in [0.25, 0.3) is 32.7 Å². The van der Waals surface area contributed by atoms with E-state index in [-0.39, 0.29) is 12.1 Å². The Morgan fingerprint density at radius 1 is 0.460 bits per heavy atom. The van der Waals surface area contributed by atoms with Gasteiger partial charge >= 0.3 is 0 Å². The number of para-hydroxylation sites is 2. The predicted molar refractivity (Wildman–Crippen MR) is 356 cm³/mol. The van der Waals surface area contributed by atoms with Gasteiger partial charge in [-0.15, -0.1) is 0 Å². The first-order valence-corrected chi connectivity index (χ1v) is 34.5. The quantitative estimate of drug-likeness (QED) is 0.0201. The molecule has 3 unspecified atom stereocenters. The average Bonchev–Trinajstić information content (AvgIpc) is 3.28. The highest BCUT2D eigenvalue weighted by atomic mass is 31.2. The lowest BCUT2D eigenvalue weighted by atomic mass is 10.2. The van der Waals surface area contributed by atoms with E-state index in [2.05, 4.69) is 144 Å². The summed E-state index contributed by atoms with van der Waals surface area (Å²) in [6.07, 6.45) is 12.7. The molecule has 0 N–H and O–H groups in total. The van der Waals surface area contributed by atoms with E-state index in [0.29, 0.717) is 108 Å². The van der Waals surface area contributed by atoms with Gasteiger partial charge in [-0.3, -0.25) is 14.4 Å². The van der Waals surface area contributed by atoms with Gasteiger partial charge in [-0.1, -0.05) is 50.2 Å². The third kappa shape index (κ3) is 24.7. The minimum atomic E-state index is -1.24. The Balaban J connectivity index is 0.000000281. The Labute approximate surface area is 523 Å². The molecule has 0 bridgehead atoms. The van der Waals surface area contributed by atoms with Crippen molar-refractivity contribution in [3.05, 3.63) is 108 Å². The first-order chi connectivity index (χ1) is 42.0. The molecule has 6 rings (SSSR count). The van der Waals surface area contributed by atoms with Crippen LogP contribution >= 0.6 is 25.6 Å². The predicted octanol–water partition coefficient (Wildman–Crippen LogP) is 16.0. The summed E-state index contributed by atoms with van der Waals surface area (Å²) in [5, 5.41) is 11.8. The number of hydrogen-bond donors (Lipinski definition) is 0. The third-order valence-corrected chi connectivity index (χ3v) is 19.9. The number of hydrogen-bond acceptors (Lipinski definition) is 15. The molecule has 0 saturated heterocycles. The molecule has 0 spiro atoms. The van der Waals surface area contributed by atoms with E-state index < -0.39 is 25.6 Å². The van der Waals surface area contributed by atoms with E-state index in [1.54, 1.807) is 0 Å². The van der Waals surface area contributed by atoms with Crippen molar-refractivity contribution >= 4 is 77.1 Å². The van der Waals surface area contributed by atoms with Gasteiger partial charge in [-0.2, -0.15) is 5.26 Å². The fraction of sp³-hybridized carbons (Fsp3) is 0.576. The average molecular weight is 1260 g/mol. The van der Waals surface area contributed by atoms with Crippen molar-refractivity contribution in [3.63, 3.8) is 0 Å². The van der Waals surface area contributed by atoms with Gasteiger partial charge in [0, 0.05) is 124 Å². The van der Waals surface area contributed by atoms with Gasteiger partial charge in [0.25, 0.3) is 25.6 Å². The Hall–Kier alpha value is -4.37. The number of nitrogens with zero attached hydrogens (tertiary/aromatic N) is 7. The molecule has 0 amide bonds. The lowest BCUT2D eigenvalue weighted by molar-refractivity contribution is 0.0316. The van der Waals surface area contributed by atoms with Crippen LogP contribution in [0.3, 0.4) is 0 Å². The number of carbonyl (C=O) groups is 3. The van der Waals surface area contributed by atoms with Crippen molar-refractivity contribution < 1.29 is 51.0 Å². The summed E-state index contributed by atoms with van der Waals surface area (Å²) in [6.45, 7) is 38.0. The minimum absolute atomic E-state index is 0.271. The van der Waals surface area contributed by atoms with Gasteiger partial charge in [0.05, 0.1) is 78.6 Å². The van der Waals surface area contributed by atoms with Crippen LogP contribution < -0.4 is 0 Å². The number of aryl methyl sites for hydroxylation is 2. The Morgan fingerprint density at radius 3 is 1.32 bits per heavy atom. The fourth-order valence-electron chi connectivity index (χ4n) is 9.95. The highest BCUT2D eigenvalue weighted by Crippen LogP contribution is 2.48. The van der Waals surface area contributed by atoms with Crippen LogP contribution in [0.1, 0.15) is 160 Å². The second-order valence-corrected chi connectivity index (χ2v) is 26.9. The van der Waals surface area contributed by atoms with Crippen molar-refractivity contribution in [1.29, 1.82) is 5.26 Å². The van der Waals surface area contributed by atoms with Gasteiger partial charge in [-0.25, -0.2) is 14.0 Å². The van der Waals surface area contributed by atoms with Crippen LogP contribution in [-0.2, 0) is 56.3 Å². The van der Waals surface area contributed by atoms with Crippen LogP contribution in [-0.4, -0.2) is 149 Å². The van der Waals surface area contributed by atoms with E-state index in [4.69, 9.17) is 41.9 Å². The van der Waals surface area contributed by atoms with Crippen molar-refractivity contribution in [3.8, 4) is 6.07 Å². The topological polar surface area (TPSA) is 173 Å². The molecule has 3 aromatic carbocycles. The number of ether oxygens (including phenoxy) is 2. The number of nitriles is 1. The van der Waals surface area contributed by atoms with E-state index in [1.165, 1.54) is 0 Å². The van der Waals surface area contributed by atoms with Gasteiger partial charge in [0.1, 0.15) is 6.29 Å². The number of aldehydes is 3. The third-order valence-electron chi connectivity index (χ3n) is 13.6. The van der Waals surface area contributed by atoms with Crippen LogP contribution in [0.4, 0.5) is 0 Å². The number of carbonyl (C=O) groups excluding carboxylic acids is 3. The Bertz CT molecular complexity index is 2900. The molecule has 0 fully saturated rings. The molecule has 0 aliphatic rings. The molecule has 3 atom stereocenters. The Morgan fingerprint density at radius 2 is 0.874 bits per heavy atom. The van der Waals surface area contributed by atoms with Gasteiger partial charge in [0.2, 0.25) is 0 Å². The van der Waals surface area contributed by atoms with Crippen LogP contribution in [0, 0.1) is 11.3 Å². The maximum atomic E-state index is 11.3. The van der Waals surface area contributed by atoms with Gasteiger partial charge < -0.3 is 50.3 Å². The highest BCUT2D eigenvalue weighted by molar-refractivity contribution is 7.45. The molecule has 87 heavy (non-hydrogen) atoms. The molecule has 6 aromatic rings. The minimum Gasteiger partial charge on any atom is -0.377 e. The van der Waals surface area contributed by atoms with Crippen LogP contribution in [0.15, 0.2) is 91.4 Å². The second kappa shape index (κ2) is 41.8. The SMILES string of the molecule is CC(C)N(C(C)C)P(OCCC#N)OCCOCCOCCn1cc(C=O)c2ccccc21.CCCOP(OCCCn1cc(C=O)c2ccccc21)N(C(C)C)C(C)C.CCCOP(OCCCn1ccc2cc(C=O)ccc21)N(C(C)C)C(C)C. The number of benzene rings is 3. The molecule has 3 aromatic heterocycles. The van der Waals surface area contributed by atoms with Crippen molar-refractivity contribution in [1.82, 2.24) is 27.7 Å². The fourth-order valence-corrected chi connectivity index (χ4v) is 15.0. The zero-order chi connectivity index (χ0) is 63.7. The van der Waals surface area contributed by atoms with Crippen LogP contribution in [0.5, 0.6) is 0 Å². The van der Waals surface area contributed by atoms with Crippen molar-refractivity contribution in [2.24, 2.45) is 0 Å². The summed E-state index contributed by atoms with van der Waals surface area (Å²) in [5.74, 6) is 0. The summed E-state index contributed by atoms with van der Waals surface area (Å²) in [5.41, 5.74) is 5.42. The molecular formula is C66H102N7O11P3. The molecule has 0 aliphatic carbocycles. The van der Waals surface area contributed by atoms with Crippen molar-refractivity contribution in [2.75, 3.05) is 66.1 Å². The van der Waals surface area contributed by atoms with E-state index in [9.17, 15) is 14.4 Å². The molecule has 3 heterocycles. The molecule has 0 aliphatic heterocycles. The van der Waals surface area contributed by atoms with Gasteiger partial charge in [-0.05, 0) is 145 Å². The smallest absolute Gasteiger partial charge is 0.259 e. The molecular weight excluding hydrogens is 1160 g/mol. The monoisotopic (exact) mass is 1260 g/mol. The summed E-state index contributed by atoms with van der Waals surface area (Å²) < 4.78 is 60.8. The van der Waals surface area contributed by atoms with Gasteiger partial charge in [0.15, 0.2) is 12.6 Å². The van der Waals surface area contributed by atoms with Crippen molar-refractivity contribution in [2.45, 2.75) is 185 Å². The number of fused-ring (bicyclic) bond motifs is 3. The number of rotatable bonds is 41. The molecule has 21 heteroatoms. The summed E-state index contributed by atoms with van der Waals surface area (Å²) in [7, 11) is -3.33. The summed E-state index contributed by atoms with van der Waals surface area (Å²) in [6, 6.07) is 27.9. The maximum absolute atomic E-state index is 11.3. The molecule has 0 saturated carbocycles. The summed E-state index contributed by atoms with van der Waals surface area (Å²) in [4.78, 5) is 33.5. The first-order valence-electron chi connectivity index (χ1n) is 31.1. The molecule has 0 radical (unpaired) electrons. The van der Waals surface area contributed by atoms with E-state index in [1.807, 2.05) is 77.6 Å². The normalized spacial score (nSPS) is 13.0. The standard InChI is InChI=1S/C24H36N3O5P.2C21H33N2O3P/c1-20(2)27(21(3)4)33(31-12-7-10-25)32-17-16-30-15-14-29-13-11-26-18-22(19-28)23-8-5-6-9-24(23)26;1-6-13-25-27(23(17(2)3)18(4)5)26-14-7-11-22-12-10-20-15-19(16-24)8-9-21(20)22;1-6-13-25-27(23(17(2)3)18(4)5)26-14-9-12-22-15-19(16-24)20-10-7-8-11-21(20)22/h5-6,8-9,18-21H,7,11-17H2,1-4H3;8-10,12,15-18H,6-7,11,13-14H2,1-5H3;7-8,10-11,15-18H,6,9,12-14H2,1-5H3. The zero-order valence-corrected chi connectivity index (χ0v) is 57.2. The Kier molecular flexibility index (Phi) is 36.1. The first kappa shape index (κ1) is 75.1. The highest BCUT2D eigenvalue weighted by Gasteiger charge is 2.29. The van der Waals surface area contributed by atoms with E-state index >= 15 is 0 Å². The maximum Gasteiger partial charge on any atom is 0.259 e. The molecule has 18 nitrogen and oxygen atoms in total. The lowest BCUT2D eigenvalue weighted by Crippen LogP contribution is -2.34. The van der Waals surface area contributed by atoms with Crippen LogP contribution in [0.2, 0.25) is 0 Å². The lowest BCUT2D eigenvalue weighted by Gasteiger charge is -2.35. The largest absolute Gasteiger partial charge is 0.377 e. The zero-order valence-electron chi connectivity index (χ0n) is 54.5. The van der Waals surface area contributed by atoms with E-state index in [0.717, 1.165) is 103 Å². The molecule has 482 valence electrons.